The van der Waals surface area contributed by atoms with Gasteiger partial charge in [0, 0.05) is 55.4 Å². The van der Waals surface area contributed by atoms with Gasteiger partial charge in [0.05, 0.1) is 30.5 Å². The first-order chi connectivity index (χ1) is 19.1. The number of benzene rings is 1. The zero-order valence-electron chi connectivity index (χ0n) is 24.7. The molecule has 8 heteroatoms. The molecule has 5 rings (SSSR count). The summed E-state index contributed by atoms with van der Waals surface area (Å²) in [6.07, 6.45) is 6.61. The van der Waals surface area contributed by atoms with Gasteiger partial charge >= 0.3 is 0 Å². The molecule has 1 amide bonds. The van der Waals surface area contributed by atoms with Gasteiger partial charge in [0.1, 0.15) is 5.82 Å². The molecule has 4 heterocycles. The van der Waals surface area contributed by atoms with E-state index < -0.39 is 5.82 Å². The maximum absolute atomic E-state index is 14.4. The first-order valence-corrected chi connectivity index (χ1v) is 14.6. The van der Waals surface area contributed by atoms with Gasteiger partial charge in [-0.15, -0.1) is 0 Å². The highest BCUT2D eigenvalue weighted by Crippen LogP contribution is 2.35. The van der Waals surface area contributed by atoms with Crippen LogP contribution in [0.1, 0.15) is 62.3 Å². The summed E-state index contributed by atoms with van der Waals surface area (Å²) in [5.41, 5.74) is 5.21. The van der Waals surface area contributed by atoms with Crippen LogP contribution in [0.3, 0.4) is 0 Å². The van der Waals surface area contributed by atoms with Crippen molar-refractivity contribution in [3.05, 3.63) is 59.4 Å². The minimum Gasteiger partial charge on any atom is -0.350 e. The van der Waals surface area contributed by atoms with Crippen molar-refractivity contribution in [2.75, 3.05) is 33.4 Å². The number of aromatic nitrogens is 2. The molecule has 0 N–H and O–H groups in total. The quantitative estimate of drug-likeness (QED) is 0.330. The minimum absolute atomic E-state index is 0.00307. The van der Waals surface area contributed by atoms with Crippen molar-refractivity contribution in [2.24, 2.45) is 11.8 Å². The Morgan fingerprint density at radius 3 is 2.50 bits per heavy atom. The van der Waals surface area contributed by atoms with E-state index in [4.69, 9.17) is 9.47 Å². The van der Waals surface area contributed by atoms with Crippen molar-refractivity contribution >= 4 is 11.4 Å². The molecule has 216 valence electrons. The molecule has 0 saturated carbocycles. The summed E-state index contributed by atoms with van der Waals surface area (Å²) in [5, 5.41) is 0. The maximum atomic E-state index is 14.4. The second-order valence-electron chi connectivity index (χ2n) is 12.1. The van der Waals surface area contributed by atoms with E-state index in [1.165, 1.54) is 17.8 Å². The Balaban J connectivity index is 1.39. The standard InChI is InChI=1S/C32H43FN4O3/c1-20(2)29(9-10-31-39-11-12-40-31)36-18-23(19-36)13-25-15-27(30-17-34-16-22(5)37(25)30)26-8-7-24(33)14-28(26)32(38)35(6)21(3)4/h7-8,14-17,20-21,23,29,31H,9-13,18-19H2,1-6H3. The molecule has 2 aliphatic rings. The average molecular weight is 551 g/mol. The van der Waals surface area contributed by atoms with E-state index in [0.717, 1.165) is 54.7 Å². The highest BCUT2D eigenvalue weighted by molar-refractivity contribution is 6.03. The lowest BCUT2D eigenvalue weighted by Gasteiger charge is -2.46. The van der Waals surface area contributed by atoms with Crippen molar-refractivity contribution in [1.82, 2.24) is 19.2 Å². The highest BCUT2D eigenvalue weighted by Gasteiger charge is 2.35. The predicted molar refractivity (Wildman–Crippen MR) is 155 cm³/mol. The van der Waals surface area contributed by atoms with Crippen LogP contribution in [0.4, 0.5) is 4.39 Å². The summed E-state index contributed by atoms with van der Waals surface area (Å²) in [4.78, 5) is 22.1. The number of halogens is 1. The smallest absolute Gasteiger partial charge is 0.254 e. The molecule has 2 aromatic heterocycles. The number of nitrogens with zero attached hydrogens (tertiary/aromatic N) is 4. The van der Waals surface area contributed by atoms with E-state index in [-0.39, 0.29) is 18.2 Å². The molecule has 1 atom stereocenters. The molecule has 0 radical (unpaired) electrons. The van der Waals surface area contributed by atoms with Gasteiger partial charge in [-0.1, -0.05) is 19.9 Å². The first kappa shape index (κ1) is 28.7. The second-order valence-corrected chi connectivity index (χ2v) is 12.1. The van der Waals surface area contributed by atoms with Gasteiger partial charge in [-0.25, -0.2) is 4.39 Å². The molecular weight excluding hydrogens is 507 g/mol. The number of rotatable bonds is 10. The Morgan fingerprint density at radius 1 is 1.10 bits per heavy atom. The Morgan fingerprint density at radius 2 is 1.82 bits per heavy atom. The number of fused-ring (bicyclic) bond motifs is 1. The van der Waals surface area contributed by atoms with E-state index >= 15 is 0 Å². The van der Waals surface area contributed by atoms with Gasteiger partial charge in [-0.3, -0.25) is 14.7 Å². The fraction of sp³-hybridized carbons (Fsp3) is 0.562. The van der Waals surface area contributed by atoms with Crippen LogP contribution in [0.25, 0.3) is 16.6 Å². The third kappa shape index (κ3) is 5.80. The van der Waals surface area contributed by atoms with Crippen molar-refractivity contribution in [1.29, 1.82) is 0 Å². The summed E-state index contributed by atoms with van der Waals surface area (Å²) < 4.78 is 28.0. The zero-order valence-corrected chi connectivity index (χ0v) is 24.7. The van der Waals surface area contributed by atoms with Gasteiger partial charge in [0.15, 0.2) is 6.29 Å². The summed E-state index contributed by atoms with van der Waals surface area (Å²) in [5.74, 6) is 0.506. The molecule has 3 aromatic rings. The highest BCUT2D eigenvalue weighted by atomic mass is 19.1. The monoisotopic (exact) mass is 550 g/mol. The molecular formula is C32H43FN4O3. The number of ether oxygens (including phenoxy) is 2. The van der Waals surface area contributed by atoms with Gasteiger partial charge in [-0.05, 0) is 75.6 Å². The van der Waals surface area contributed by atoms with Crippen molar-refractivity contribution in [3.8, 4) is 11.1 Å². The number of likely N-dealkylation sites (tertiary alicyclic amines) is 1. The largest absolute Gasteiger partial charge is 0.350 e. The molecule has 2 aliphatic heterocycles. The molecule has 7 nitrogen and oxygen atoms in total. The Bertz CT molecular complexity index is 1340. The van der Waals surface area contributed by atoms with Crippen LogP contribution in [0.5, 0.6) is 0 Å². The molecule has 1 unspecified atom stereocenters. The molecule has 2 saturated heterocycles. The van der Waals surface area contributed by atoms with E-state index in [1.807, 2.05) is 26.2 Å². The van der Waals surface area contributed by atoms with Crippen LogP contribution >= 0.6 is 0 Å². The van der Waals surface area contributed by atoms with Gasteiger partial charge in [0.25, 0.3) is 5.91 Å². The molecule has 0 aliphatic carbocycles. The number of hydrogen-bond acceptors (Lipinski definition) is 5. The summed E-state index contributed by atoms with van der Waals surface area (Å²) in [6.45, 7) is 14.1. The normalized spacial score (nSPS) is 17.7. The molecule has 0 bridgehead atoms. The minimum atomic E-state index is -0.414. The van der Waals surface area contributed by atoms with E-state index in [9.17, 15) is 9.18 Å². The third-order valence-corrected chi connectivity index (χ3v) is 8.63. The number of carbonyl (C=O) groups is 1. The van der Waals surface area contributed by atoms with Crippen LogP contribution in [-0.2, 0) is 15.9 Å². The van der Waals surface area contributed by atoms with E-state index in [2.05, 4.69) is 41.1 Å². The lowest BCUT2D eigenvalue weighted by Crippen LogP contribution is -2.54. The van der Waals surface area contributed by atoms with Gasteiger partial charge < -0.3 is 18.8 Å². The van der Waals surface area contributed by atoms with Crippen LogP contribution in [0.15, 0.2) is 36.7 Å². The van der Waals surface area contributed by atoms with Crippen LogP contribution < -0.4 is 0 Å². The second kappa shape index (κ2) is 12.0. The summed E-state index contributed by atoms with van der Waals surface area (Å²) >= 11 is 0. The van der Waals surface area contributed by atoms with Crippen molar-refractivity contribution in [3.63, 3.8) is 0 Å². The van der Waals surface area contributed by atoms with E-state index in [0.29, 0.717) is 36.7 Å². The molecule has 0 spiro atoms. The number of hydrogen-bond donors (Lipinski definition) is 0. The SMILES string of the molecule is Cc1cncc2c(-c3ccc(F)cc3C(=O)N(C)C(C)C)cc(CC3CN(C(CCC4OCCO4)C(C)C)C3)n12. The summed E-state index contributed by atoms with van der Waals surface area (Å²) in [6, 6.07) is 7.23. The zero-order chi connectivity index (χ0) is 28.6. The van der Waals surface area contributed by atoms with Crippen molar-refractivity contribution < 1.29 is 18.7 Å². The van der Waals surface area contributed by atoms with E-state index in [1.54, 1.807) is 18.0 Å². The number of aryl methyl sites for hydroxylation is 1. The Hall–Kier alpha value is -2.81. The lowest BCUT2D eigenvalue weighted by molar-refractivity contribution is -0.0586. The van der Waals surface area contributed by atoms with Crippen molar-refractivity contribution in [2.45, 2.75) is 72.3 Å². The fourth-order valence-electron chi connectivity index (χ4n) is 6.24. The first-order valence-electron chi connectivity index (χ1n) is 14.6. The summed E-state index contributed by atoms with van der Waals surface area (Å²) in [7, 11) is 1.76. The average Bonchev–Trinajstić information content (AvgIpc) is 3.54. The van der Waals surface area contributed by atoms with Crippen LogP contribution in [0, 0.1) is 24.6 Å². The van der Waals surface area contributed by atoms with Gasteiger partial charge in [0.2, 0.25) is 0 Å². The van der Waals surface area contributed by atoms with Gasteiger partial charge in [-0.2, -0.15) is 0 Å². The molecule has 1 aromatic carbocycles. The fourth-order valence-corrected chi connectivity index (χ4v) is 6.24. The predicted octanol–water partition coefficient (Wildman–Crippen LogP) is 5.58. The lowest BCUT2D eigenvalue weighted by atomic mass is 9.87. The maximum Gasteiger partial charge on any atom is 0.254 e. The molecule has 2 fully saturated rings. The molecule has 40 heavy (non-hydrogen) atoms. The topological polar surface area (TPSA) is 59.3 Å². The Kier molecular flexibility index (Phi) is 8.59. The third-order valence-electron chi connectivity index (χ3n) is 8.63. The van der Waals surface area contributed by atoms with Crippen LogP contribution in [-0.4, -0.2) is 76.8 Å². The van der Waals surface area contributed by atoms with Crippen LogP contribution in [0.2, 0.25) is 0 Å². The number of carbonyl (C=O) groups excluding carboxylic acids is 1. The Labute approximate surface area is 237 Å². The number of amides is 1.